The first kappa shape index (κ1) is 19.2. The molecule has 0 atom stereocenters. The van der Waals surface area contributed by atoms with E-state index in [1.165, 1.54) is 0 Å². The maximum absolute atomic E-state index is 5.29. The number of nitrogens with zero attached hydrogens (tertiary/aromatic N) is 4. The molecule has 0 fully saturated rings. The van der Waals surface area contributed by atoms with Crippen LogP contribution in [0.15, 0.2) is 47.7 Å². The Kier molecular flexibility index (Phi) is 8.40. The molecule has 0 aromatic carbocycles. The van der Waals surface area contributed by atoms with Crippen molar-refractivity contribution in [2.45, 2.75) is 13.3 Å². The molecule has 1 radical (unpaired) electrons. The summed E-state index contributed by atoms with van der Waals surface area (Å²) in [7, 11) is 1.93. The summed E-state index contributed by atoms with van der Waals surface area (Å²) in [6.07, 6.45) is 4.29. The van der Waals surface area contributed by atoms with Gasteiger partial charge >= 0.3 is 17.1 Å². The Morgan fingerprint density at radius 3 is 2.83 bits per heavy atom. The average molecular weight is 377 g/mol. The molecular formula is C16H19CuN5S+2. The van der Waals surface area contributed by atoms with Gasteiger partial charge in [0.05, 0.1) is 11.9 Å². The number of hydrogen-bond donors (Lipinski definition) is 1. The second-order valence-electron chi connectivity index (χ2n) is 4.87. The smallest absolute Gasteiger partial charge is 0.351 e. The molecule has 23 heavy (non-hydrogen) atoms. The summed E-state index contributed by atoms with van der Waals surface area (Å²) < 4.78 is 0. The normalized spacial score (nSPS) is 10.2. The molecule has 0 aliphatic carbocycles. The summed E-state index contributed by atoms with van der Waals surface area (Å²) in [5.74, 6) is 0. The Morgan fingerprint density at radius 1 is 1.30 bits per heavy atom. The molecule has 0 spiro atoms. The third-order valence-electron chi connectivity index (χ3n) is 3.04. The molecule has 0 saturated heterocycles. The predicted molar refractivity (Wildman–Crippen MR) is 92.9 cm³/mol. The van der Waals surface area contributed by atoms with Gasteiger partial charge in [0, 0.05) is 37.6 Å². The molecule has 0 amide bonds. The molecule has 0 saturated carbocycles. The predicted octanol–water partition coefficient (Wildman–Crippen LogP) is 2.17. The van der Waals surface area contributed by atoms with Crippen LogP contribution < -0.4 is 5.43 Å². The van der Waals surface area contributed by atoms with E-state index in [9.17, 15) is 0 Å². The number of aryl methyl sites for hydroxylation is 1. The van der Waals surface area contributed by atoms with Gasteiger partial charge in [-0.2, -0.15) is 5.10 Å². The third kappa shape index (κ3) is 6.86. The molecule has 0 unspecified atom stereocenters. The fraction of sp³-hybridized carbons (Fsp3) is 0.250. The number of nitrogens with one attached hydrogen (secondary N) is 1. The number of hydrazone groups is 1. The van der Waals surface area contributed by atoms with Crippen LogP contribution in [0.3, 0.4) is 0 Å². The van der Waals surface area contributed by atoms with Crippen LogP contribution in [-0.4, -0.2) is 39.8 Å². The van der Waals surface area contributed by atoms with E-state index in [0.717, 1.165) is 30.0 Å². The number of rotatable bonds is 5. The summed E-state index contributed by atoms with van der Waals surface area (Å²) in [5, 5.41) is 4.69. The Balaban J connectivity index is 0.00000264. The Bertz CT molecular complexity index is 648. The fourth-order valence-corrected chi connectivity index (χ4v) is 1.95. The van der Waals surface area contributed by atoms with E-state index in [1.54, 1.807) is 12.4 Å². The van der Waals surface area contributed by atoms with E-state index in [4.69, 9.17) is 12.2 Å². The molecule has 2 aromatic heterocycles. The van der Waals surface area contributed by atoms with Crippen LogP contribution in [0, 0.1) is 6.92 Å². The quantitative estimate of drug-likeness (QED) is 0.375. The summed E-state index contributed by atoms with van der Waals surface area (Å²) in [4.78, 5) is 10.6. The standard InChI is InChI=1S/C16H19N5S.Cu/c1-13-6-5-8-15(19-13)12-18-20-16(22)21(2)11-9-14-7-3-4-10-17-14;/h3-8,10,12H,9,11H2,1-2H3,(H,20,22);/q;+2. The second-order valence-corrected chi connectivity index (χ2v) is 5.26. The van der Waals surface area contributed by atoms with Gasteiger partial charge in [0.2, 0.25) is 0 Å². The topological polar surface area (TPSA) is 53.4 Å². The first-order valence-electron chi connectivity index (χ1n) is 7.03. The Hall–Kier alpha value is -1.82. The van der Waals surface area contributed by atoms with Crippen LogP contribution in [0.25, 0.3) is 0 Å². The fourth-order valence-electron chi connectivity index (χ4n) is 1.80. The zero-order chi connectivity index (χ0) is 15.8. The molecule has 0 aliphatic heterocycles. The molecule has 1 N–H and O–H groups in total. The SMILES string of the molecule is Cc1cccc(C=NNC(=S)N(C)CCc2ccccn2)n1.[Cu+2]. The van der Waals surface area contributed by atoms with Gasteiger partial charge in [0.15, 0.2) is 5.11 Å². The van der Waals surface area contributed by atoms with Crippen molar-refractivity contribution in [3.05, 3.63) is 59.7 Å². The van der Waals surface area contributed by atoms with Crippen molar-refractivity contribution in [1.29, 1.82) is 0 Å². The average Bonchev–Trinajstić information content (AvgIpc) is 2.53. The maximum Gasteiger partial charge on any atom is 2.00 e. The molecule has 2 rings (SSSR count). The summed E-state index contributed by atoms with van der Waals surface area (Å²) in [6, 6.07) is 11.7. The van der Waals surface area contributed by atoms with Crippen LogP contribution in [0.1, 0.15) is 17.1 Å². The van der Waals surface area contributed by atoms with Gasteiger partial charge in [-0.05, 0) is 43.4 Å². The number of hydrogen-bond acceptors (Lipinski definition) is 4. The molecule has 0 bridgehead atoms. The van der Waals surface area contributed by atoms with E-state index >= 15 is 0 Å². The van der Waals surface area contributed by atoms with Crippen molar-refractivity contribution in [3.8, 4) is 0 Å². The minimum absolute atomic E-state index is 0. The maximum atomic E-state index is 5.29. The van der Waals surface area contributed by atoms with E-state index in [2.05, 4.69) is 20.5 Å². The Morgan fingerprint density at radius 2 is 2.13 bits per heavy atom. The number of likely N-dealkylation sites (N-methyl/N-ethyl adjacent to an activating group) is 1. The summed E-state index contributed by atoms with van der Waals surface area (Å²) >= 11 is 5.29. The third-order valence-corrected chi connectivity index (χ3v) is 3.45. The van der Waals surface area contributed by atoms with E-state index < -0.39 is 0 Å². The molecule has 0 aliphatic rings. The molecule has 123 valence electrons. The number of thiocarbonyl (C=S) groups is 1. The molecule has 2 heterocycles. The molecular weight excluding hydrogens is 358 g/mol. The molecule has 7 heteroatoms. The van der Waals surface area contributed by atoms with Gasteiger partial charge in [0.25, 0.3) is 0 Å². The van der Waals surface area contributed by atoms with Gasteiger partial charge in [-0.3, -0.25) is 15.4 Å². The van der Waals surface area contributed by atoms with Crippen molar-refractivity contribution in [2.75, 3.05) is 13.6 Å². The van der Waals surface area contributed by atoms with E-state index in [1.807, 2.05) is 55.3 Å². The first-order chi connectivity index (χ1) is 10.6. The van der Waals surface area contributed by atoms with Crippen LogP contribution in [0.2, 0.25) is 0 Å². The van der Waals surface area contributed by atoms with Crippen LogP contribution in [-0.2, 0) is 23.5 Å². The van der Waals surface area contributed by atoms with E-state index in [-0.39, 0.29) is 17.1 Å². The molecule has 5 nitrogen and oxygen atoms in total. The number of pyridine rings is 2. The minimum atomic E-state index is 0. The van der Waals surface area contributed by atoms with E-state index in [0.29, 0.717) is 5.11 Å². The summed E-state index contributed by atoms with van der Waals surface area (Å²) in [6.45, 7) is 2.72. The molecule has 2 aromatic rings. The van der Waals surface area contributed by atoms with Crippen LogP contribution >= 0.6 is 12.2 Å². The van der Waals surface area contributed by atoms with Crippen LogP contribution in [0.4, 0.5) is 0 Å². The zero-order valence-electron chi connectivity index (χ0n) is 13.0. The summed E-state index contributed by atoms with van der Waals surface area (Å²) in [5.41, 5.74) is 5.65. The Labute approximate surface area is 152 Å². The second kappa shape index (κ2) is 10.0. The largest absolute Gasteiger partial charge is 2.00 e. The van der Waals surface area contributed by atoms with Crippen molar-refractivity contribution in [2.24, 2.45) is 5.10 Å². The van der Waals surface area contributed by atoms with Crippen molar-refractivity contribution in [1.82, 2.24) is 20.3 Å². The minimum Gasteiger partial charge on any atom is -0.351 e. The van der Waals surface area contributed by atoms with Gasteiger partial charge in [-0.15, -0.1) is 0 Å². The van der Waals surface area contributed by atoms with Crippen molar-refractivity contribution < 1.29 is 17.1 Å². The van der Waals surface area contributed by atoms with Crippen molar-refractivity contribution in [3.63, 3.8) is 0 Å². The zero-order valence-corrected chi connectivity index (χ0v) is 14.8. The van der Waals surface area contributed by atoms with Gasteiger partial charge in [-0.1, -0.05) is 12.1 Å². The first-order valence-corrected chi connectivity index (χ1v) is 7.44. The van der Waals surface area contributed by atoms with Gasteiger partial charge in [-0.25, -0.2) is 0 Å². The van der Waals surface area contributed by atoms with Crippen LogP contribution in [0.5, 0.6) is 0 Å². The number of aromatic nitrogens is 2. The van der Waals surface area contributed by atoms with Gasteiger partial charge < -0.3 is 4.90 Å². The monoisotopic (exact) mass is 376 g/mol. The van der Waals surface area contributed by atoms with Crippen molar-refractivity contribution >= 4 is 23.5 Å². The van der Waals surface area contributed by atoms with Gasteiger partial charge in [0.1, 0.15) is 0 Å².